The molecule has 0 aromatic carbocycles. The van der Waals surface area contributed by atoms with Gasteiger partial charge in [0.1, 0.15) is 30.5 Å². The van der Waals surface area contributed by atoms with Gasteiger partial charge in [0, 0.05) is 0 Å². The fourth-order valence-corrected chi connectivity index (χ4v) is 14.6. The number of hydrogen-bond acceptors (Lipinski definition) is 9. The van der Waals surface area contributed by atoms with Gasteiger partial charge in [0.2, 0.25) is 0 Å². The van der Waals surface area contributed by atoms with Crippen molar-refractivity contribution in [2.75, 3.05) is 6.61 Å². The molecule has 6 rings (SSSR count). The van der Waals surface area contributed by atoms with Gasteiger partial charge in [-0.25, -0.2) is 4.79 Å². The minimum Gasteiger partial charge on any atom is -0.479 e. The Morgan fingerprint density at radius 3 is 2.00 bits per heavy atom. The van der Waals surface area contributed by atoms with Gasteiger partial charge in [0.25, 0.3) is 0 Å². The summed E-state index contributed by atoms with van der Waals surface area (Å²) in [7, 11) is 0. The Balaban J connectivity index is 1.05. The number of aliphatic carboxylic acids is 1. The van der Waals surface area contributed by atoms with E-state index in [0.29, 0.717) is 51.2 Å². The van der Waals surface area contributed by atoms with Crippen molar-refractivity contribution in [1.82, 2.24) is 0 Å². The van der Waals surface area contributed by atoms with Crippen molar-refractivity contribution in [3.8, 4) is 0 Å². The van der Waals surface area contributed by atoms with Crippen molar-refractivity contribution in [2.45, 2.75) is 181 Å². The summed E-state index contributed by atoms with van der Waals surface area (Å²) in [5, 5.41) is 71.6. The number of aliphatic hydroxyl groups is 6. The Hall–Kier alpha value is -0.850. The molecule has 294 valence electrons. The molecule has 10 heteroatoms. The van der Waals surface area contributed by atoms with Crippen molar-refractivity contribution in [1.29, 1.82) is 0 Å². The summed E-state index contributed by atoms with van der Waals surface area (Å²) >= 11 is 0. The number of carbonyl (C=O) groups is 1. The molecule has 18 atom stereocenters. The Morgan fingerprint density at radius 1 is 0.725 bits per heavy atom. The molecule has 7 N–H and O–H groups in total. The summed E-state index contributed by atoms with van der Waals surface area (Å²) in [5.74, 6) is 2.38. The van der Waals surface area contributed by atoms with E-state index in [1.807, 2.05) is 0 Å². The first kappa shape index (κ1) is 39.8. The molecule has 5 saturated carbocycles. The second-order valence-corrected chi connectivity index (χ2v) is 20.1. The van der Waals surface area contributed by atoms with Gasteiger partial charge in [-0.3, -0.25) is 0 Å². The minimum absolute atomic E-state index is 0.310. The molecule has 9 unspecified atom stereocenters. The van der Waals surface area contributed by atoms with E-state index >= 15 is 0 Å². The number of carboxylic acids is 1. The lowest BCUT2D eigenvalue weighted by Crippen LogP contribution is -2.65. The topological polar surface area (TPSA) is 177 Å². The van der Waals surface area contributed by atoms with E-state index in [9.17, 15) is 40.5 Å². The van der Waals surface area contributed by atoms with Gasteiger partial charge >= 0.3 is 5.97 Å². The Kier molecular flexibility index (Phi) is 11.0. The number of carboxylic acid groups (broad SMARTS) is 1. The van der Waals surface area contributed by atoms with Crippen LogP contribution in [0, 0.1) is 62.6 Å². The van der Waals surface area contributed by atoms with Crippen molar-refractivity contribution in [2.24, 2.45) is 62.6 Å². The van der Waals surface area contributed by atoms with Gasteiger partial charge in [-0.05, 0) is 140 Å². The maximum Gasteiger partial charge on any atom is 0.335 e. The van der Waals surface area contributed by atoms with E-state index in [4.69, 9.17) is 9.47 Å². The third-order valence-electron chi connectivity index (χ3n) is 17.4. The normalized spacial score (nSPS) is 50.1. The molecule has 10 nitrogen and oxygen atoms in total. The van der Waals surface area contributed by atoms with Gasteiger partial charge in [0.05, 0.1) is 12.7 Å². The van der Waals surface area contributed by atoms with Crippen LogP contribution >= 0.6 is 0 Å². The number of rotatable bonds is 10. The van der Waals surface area contributed by atoms with Gasteiger partial charge < -0.3 is 45.2 Å². The van der Waals surface area contributed by atoms with Gasteiger partial charge in [-0.1, -0.05) is 54.9 Å². The van der Waals surface area contributed by atoms with E-state index in [1.54, 1.807) is 0 Å². The van der Waals surface area contributed by atoms with Crippen LogP contribution < -0.4 is 0 Å². The molecule has 0 bridgehead atoms. The van der Waals surface area contributed by atoms with E-state index in [1.165, 1.54) is 70.6 Å². The third-order valence-corrected chi connectivity index (χ3v) is 17.4. The zero-order chi connectivity index (χ0) is 37.5. The highest BCUT2D eigenvalue weighted by atomic mass is 16.7. The first-order chi connectivity index (χ1) is 23.7. The summed E-state index contributed by atoms with van der Waals surface area (Å²) in [6.07, 6.45) is 2.42. The standard InChI is InChI=1S/C41H70O10/c1-22(9-10-25(42)30(44)26(43)21-50-36-33(47)31(45)32(46)34(51-36)35(48)49)23-13-18-38(4)24(23)14-19-40(6)28(38)11-12-29-39(5)17-8-16-37(2,3)27(39)15-20-41(29,40)7/h22-34,36,42-47H,8-21H2,1-7H3,(H,48,49)/t22?,23?,24?,25?,26?,27?,28?,29?,30?,31-,32+,33+,34+,36+,38+,39+,40-,41-/m1/s1. The van der Waals surface area contributed by atoms with Crippen LogP contribution in [0.3, 0.4) is 0 Å². The van der Waals surface area contributed by atoms with Crippen LogP contribution in [0.15, 0.2) is 0 Å². The highest BCUT2D eigenvalue weighted by Gasteiger charge is 2.70. The molecule has 1 saturated heterocycles. The number of ether oxygens (including phenoxy) is 2. The molecule has 1 heterocycles. The second kappa shape index (κ2) is 14.0. The van der Waals surface area contributed by atoms with Crippen LogP contribution in [0.25, 0.3) is 0 Å². The molecule has 0 radical (unpaired) electrons. The second-order valence-electron chi connectivity index (χ2n) is 20.1. The average molecular weight is 723 g/mol. The highest BCUT2D eigenvalue weighted by Crippen LogP contribution is 2.78. The minimum atomic E-state index is -1.86. The zero-order valence-corrected chi connectivity index (χ0v) is 32.3. The molecule has 1 aliphatic heterocycles. The third kappa shape index (κ3) is 6.35. The van der Waals surface area contributed by atoms with Crippen LogP contribution in [0.4, 0.5) is 0 Å². The van der Waals surface area contributed by atoms with Crippen LogP contribution in [0.1, 0.15) is 132 Å². The predicted octanol–water partition coefficient (Wildman–Crippen LogP) is 4.89. The van der Waals surface area contributed by atoms with E-state index in [-0.39, 0.29) is 0 Å². The molecule has 0 spiro atoms. The molecular weight excluding hydrogens is 652 g/mol. The monoisotopic (exact) mass is 722 g/mol. The van der Waals surface area contributed by atoms with Gasteiger partial charge in [0.15, 0.2) is 12.4 Å². The first-order valence-corrected chi connectivity index (χ1v) is 20.3. The van der Waals surface area contributed by atoms with E-state index < -0.39 is 61.6 Å². The predicted molar refractivity (Wildman–Crippen MR) is 191 cm³/mol. The van der Waals surface area contributed by atoms with E-state index in [0.717, 1.165) is 24.2 Å². The van der Waals surface area contributed by atoms with Crippen LogP contribution in [-0.4, -0.2) is 97.3 Å². The lowest BCUT2D eigenvalue weighted by atomic mass is 9.32. The average Bonchev–Trinajstić information content (AvgIpc) is 3.41. The fourth-order valence-electron chi connectivity index (χ4n) is 14.6. The molecule has 51 heavy (non-hydrogen) atoms. The van der Waals surface area contributed by atoms with Crippen molar-refractivity contribution in [3.05, 3.63) is 0 Å². The maximum absolute atomic E-state index is 11.4. The van der Waals surface area contributed by atoms with Gasteiger partial charge in [-0.2, -0.15) is 0 Å². The summed E-state index contributed by atoms with van der Waals surface area (Å²) in [4.78, 5) is 11.4. The molecule has 0 aromatic heterocycles. The summed E-state index contributed by atoms with van der Waals surface area (Å²) in [6, 6.07) is 0. The van der Waals surface area contributed by atoms with Gasteiger partial charge in [-0.15, -0.1) is 0 Å². The van der Waals surface area contributed by atoms with Crippen LogP contribution in [0.2, 0.25) is 0 Å². The maximum atomic E-state index is 11.4. The molecule has 0 amide bonds. The lowest BCUT2D eigenvalue weighted by molar-refractivity contribution is -0.299. The van der Waals surface area contributed by atoms with Crippen molar-refractivity contribution in [3.63, 3.8) is 0 Å². The number of fused-ring (bicyclic) bond motifs is 7. The summed E-state index contributed by atoms with van der Waals surface area (Å²) in [5.41, 5.74) is 1.91. The Bertz CT molecular complexity index is 1260. The first-order valence-electron chi connectivity index (χ1n) is 20.3. The van der Waals surface area contributed by atoms with E-state index in [2.05, 4.69) is 48.5 Å². The fraction of sp³-hybridized carbons (Fsp3) is 0.976. The Morgan fingerprint density at radius 2 is 1.35 bits per heavy atom. The molecule has 6 fully saturated rings. The quantitative estimate of drug-likeness (QED) is 0.164. The summed E-state index contributed by atoms with van der Waals surface area (Å²) < 4.78 is 10.4. The highest BCUT2D eigenvalue weighted by molar-refractivity contribution is 5.73. The van der Waals surface area contributed by atoms with Crippen molar-refractivity contribution < 1.29 is 50.0 Å². The molecule has 6 aliphatic rings. The SMILES string of the molecule is CC(CCC(O)C(O)C(O)CO[C@H]1O[C@H](C(=O)O)[C@@H](O)[C@@H](O)[C@@H]1O)C1CC[C@@]2(C)C1CC[C@]1(C)C2CCC2[C@@]3(C)CCCC(C)(C)C3CC[C@]21C. The Labute approximate surface area is 305 Å². The number of hydrogen-bond donors (Lipinski definition) is 7. The molecule has 0 aromatic rings. The van der Waals surface area contributed by atoms with Crippen molar-refractivity contribution >= 4 is 5.97 Å². The van der Waals surface area contributed by atoms with Crippen LogP contribution in [0.5, 0.6) is 0 Å². The van der Waals surface area contributed by atoms with Crippen LogP contribution in [-0.2, 0) is 14.3 Å². The smallest absolute Gasteiger partial charge is 0.335 e. The number of aliphatic hydroxyl groups excluding tert-OH is 6. The summed E-state index contributed by atoms with van der Waals surface area (Å²) in [6.45, 7) is 17.5. The molecule has 5 aliphatic carbocycles. The lowest BCUT2D eigenvalue weighted by Gasteiger charge is -2.73. The zero-order valence-electron chi connectivity index (χ0n) is 32.3. The largest absolute Gasteiger partial charge is 0.479 e. The molecular formula is C41H70O10.